The van der Waals surface area contributed by atoms with Gasteiger partial charge in [-0.1, -0.05) is 36.4 Å². The fourth-order valence-corrected chi connectivity index (χ4v) is 3.82. The lowest BCUT2D eigenvalue weighted by Gasteiger charge is -2.34. The zero-order chi connectivity index (χ0) is 15.9. The summed E-state index contributed by atoms with van der Waals surface area (Å²) in [5, 5.41) is 9.77. The Morgan fingerprint density at radius 2 is 2.04 bits per heavy atom. The lowest BCUT2D eigenvalue weighted by Crippen LogP contribution is -2.38. The Morgan fingerprint density at radius 1 is 1.22 bits per heavy atom. The van der Waals surface area contributed by atoms with Crippen molar-refractivity contribution < 1.29 is 9.13 Å². The molecule has 0 amide bonds. The van der Waals surface area contributed by atoms with E-state index in [0.29, 0.717) is 31.0 Å². The molecule has 0 aliphatic carbocycles. The molecule has 4 rings (SSSR count). The predicted molar refractivity (Wildman–Crippen MR) is 84.4 cm³/mol. The average molecular weight is 308 g/mol. The quantitative estimate of drug-likeness (QED) is 0.854. The number of hydrogen-bond donors (Lipinski definition) is 0. The standard InChI is InChI=1S/C19H17FN2O/c20-16-7-4-8-17-18(16)15-10-22(9-14-5-2-1-3-6-14)12-19(15,11-21)13-23-17/h1-8,15H,9-10,12-13H2. The van der Waals surface area contributed by atoms with Crippen LogP contribution in [0.2, 0.25) is 0 Å². The fraction of sp³-hybridized carbons (Fsp3) is 0.316. The minimum Gasteiger partial charge on any atom is -0.491 e. The molecule has 3 nitrogen and oxygen atoms in total. The summed E-state index contributed by atoms with van der Waals surface area (Å²) in [5.74, 6) is 0.178. The Morgan fingerprint density at radius 3 is 2.83 bits per heavy atom. The van der Waals surface area contributed by atoms with Gasteiger partial charge in [0.05, 0.1) is 6.07 Å². The van der Waals surface area contributed by atoms with Crippen molar-refractivity contribution in [1.29, 1.82) is 5.26 Å². The van der Waals surface area contributed by atoms with Crippen LogP contribution in [0.15, 0.2) is 48.5 Å². The van der Waals surface area contributed by atoms with E-state index in [1.165, 1.54) is 11.6 Å². The van der Waals surface area contributed by atoms with Gasteiger partial charge >= 0.3 is 0 Å². The van der Waals surface area contributed by atoms with E-state index in [-0.39, 0.29) is 11.7 Å². The molecule has 2 aromatic rings. The normalized spacial score (nSPS) is 26.0. The van der Waals surface area contributed by atoms with Gasteiger partial charge in [0, 0.05) is 31.1 Å². The minimum atomic E-state index is -0.663. The summed E-state index contributed by atoms with van der Waals surface area (Å²) >= 11 is 0. The molecular weight excluding hydrogens is 291 g/mol. The summed E-state index contributed by atoms with van der Waals surface area (Å²) in [4.78, 5) is 2.23. The molecule has 2 unspecified atom stereocenters. The zero-order valence-corrected chi connectivity index (χ0v) is 12.7. The maximum absolute atomic E-state index is 14.4. The Hall–Kier alpha value is -2.38. The molecule has 0 radical (unpaired) electrons. The smallest absolute Gasteiger partial charge is 0.130 e. The summed E-state index contributed by atoms with van der Waals surface area (Å²) < 4.78 is 20.1. The molecule has 116 valence electrons. The topological polar surface area (TPSA) is 36.3 Å². The average Bonchev–Trinajstić information content (AvgIpc) is 2.94. The van der Waals surface area contributed by atoms with Crippen LogP contribution in [0.25, 0.3) is 0 Å². The number of likely N-dealkylation sites (tertiary alicyclic amines) is 1. The van der Waals surface area contributed by atoms with E-state index in [1.807, 2.05) is 18.2 Å². The first-order valence-electron chi connectivity index (χ1n) is 7.81. The molecule has 2 aliphatic heterocycles. The van der Waals surface area contributed by atoms with Gasteiger partial charge in [-0.05, 0) is 17.7 Å². The molecule has 2 aliphatic rings. The van der Waals surface area contributed by atoms with Crippen molar-refractivity contribution in [3.8, 4) is 11.8 Å². The van der Waals surface area contributed by atoms with Gasteiger partial charge in [-0.2, -0.15) is 5.26 Å². The fourth-order valence-electron chi connectivity index (χ4n) is 3.82. The summed E-state index contributed by atoms with van der Waals surface area (Å²) in [6.45, 7) is 2.39. The minimum absolute atomic E-state index is 0.138. The molecule has 0 aromatic heterocycles. The van der Waals surface area contributed by atoms with E-state index in [1.54, 1.807) is 12.1 Å². The Bertz CT molecular complexity index is 771. The number of benzene rings is 2. The second-order valence-corrected chi connectivity index (χ2v) is 6.42. The van der Waals surface area contributed by atoms with Gasteiger partial charge in [-0.25, -0.2) is 4.39 Å². The number of nitriles is 1. The molecule has 1 saturated heterocycles. The van der Waals surface area contributed by atoms with Crippen molar-refractivity contribution in [2.24, 2.45) is 5.41 Å². The van der Waals surface area contributed by atoms with Gasteiger partial charge in [0.2, 0.25) is 0 Å². The monoisotopic (exact) mass is 308 g/mol. The van der Waals surface area contributed by atoms with Gasteiger partial charge in [0.1, 0.15) is 23.6 Å². The molecule has 0 bridgehead atoms. The Balaban J connectivity index is 1.67. The van der Waals surface area contributed by atoms with Crippen LogP contribution in [0.4, 0.5) is 4.39 Å². The number of nitrogens with zero attached hydrogens (tertiary/aromatic N) is 2. The second-order valence-electron chi connectivity index (χ2n) is 6.42. The highest BCUT2D eigenvalue weighted by Crippen LogP contribution is 2.50. The van der Waals surface area contributed by atoms with Crippen molar-refractivity contribution in [2.75, 3.05) is 19.7 Å². The van der Waals surface area contributed by atoms with E-state index in [0.717, 1.165) is 6.54 Å². The number of halogens is 1. The zero-order valence-electron chi connectivity index (χ0n) is 12.7. The van der Waals surface area contributed by atoms with Crippen LogP contribution >= 0.6 is 0 Å². The maximum atomic E-state index is 14.4. The molecule has 0 N–H and O–H groups in total. The molecule has 2 atom stereocenters. The van der Waals surface area contributed by atoms with Crippen LogP contribution in [0.1, 0.15) is 17.0 Å². The van der Waals surface area contributed by atoms with E-state index in [4.69, 9.17) is 4.74 Å². The molecule has 23 heavy (non-hydrogen) atoms. The second kappa shape index (κ2) is 5.36. The third-order valence-corrected chi connectivity index (χ3v) is 4.93. The molecule has 0 saturated carbocycles. The molecule has 0 spiro atoms. The van der Waals surface area contributed by atoms with Gasteiger partial charge in [-0.15, -0.1) is 0 Å². The van der Waals surface area contributed by atoms with Crippen LogP contribution in [-0.2, 0) is 6.54 Å². The van der Waals surface area contributed by atoms with Gasteiger partial charge in [-0.3, -0.25) is 4.90 Å². The van der Waals surface area contributed by atoms with Gasteiger partial charge in [0.25, 0.3) is 0 Å². The highest BCUT2D eigenvalue weighted by Gasteiger charge is 2.52. The number of ether oxygens (including phenoxy) is 1. The van der Waals surface area contributed by atoms with Gasteiger partial charge in [0.15, 0.2) is 0 Å². The third kappa shape index (κ3) is 2.29. The highest BCUT2D eigenvalue weighted by molar-refractivity contribution is 5.44. The van der Waals surface area contributed by atoms with Crippen molar-refractivity contribution in [3.63, 3.8) is 0 Å². The van der Waals surface area contributed by atoms with Crippen LogP contribution < -0.4 is 4.74 Å². The van der Waals surface area contributed by atoms with Crippen molar-refractivity contribution >= 4 is 0 Å². The molecule has 2 heterocycles. The lowest BCUT2D eigenvalue weighted by molar-refractivity contribution is 0.157. The largest absolute Gasteiger partial charge is 0.491 e. The third-order valence-electron chi connectivity index (χ3n) is 4.93. The van der Waals surface area contributed by atoms with Crippen molar-refractivity contribution in [3.05, 3.63) is 65.5 Å². The van der Waals surface area contributed by atoms with E-state index in [2.05, 4.69) is 23.1 Å². The predicted octanol–water partition coefficient (Wildman–Crippen LogP) is 3.33. The first-order chi connectivity index (χ1) is 11.2. The summed E-state index contributed by atoms with van der Waals surface area (Å²) in [6, 6.07) is 17.5. The first kappa shape index (κ1) is 14.2. The van der Waals surface area contributed by atoms with Crippen LogP contribution in [0, 0.1) is 22.6 Å². The maximum Gasteiger partial charge on any atom is 0.130 e. The van der Waals surface area contributed by atoms with E-state index in [9.17, 15) is 9.65 Å². The number of hydrogen-bond acceptors (Lipinski definition) is 3. The lowest BCUT2D eigenvalue weighted by atomic mass is 9.74. The number of rotatable bonds is 2. The van der Waals surface area contributed by atoms with Crippen LogP contribution in [0.3, 0.4) is 0 Å². The molecule has 1 fully saturated rings. The molecular formula is C19H17FN2O. The van der Waals surface area contributed by atoms with Crippen LogP contribution in [0.5, 0.6) is 5.75 Å². The first-order valence-corrected chi connectivity index (χ1v) is 7.81. The summed E-state index contributed by atoms with van der Waals surface area (Å²) in [7, 11) is 0. The summed E-state index contributed by atoms with van der Waals surface area (Å²) in [5.41, 5.74) is 1.11. The Labute approximate surface area is 134 Å². The SMILES string of the molecule is N#CC12COc3cccc(F)c3C1CN(Cc1ccccc1)C2. The molecule has 2 aromatic carbocycles. The molecule has 4 heteroatoms. The van der Waals surface area contributed by atoms with E-state index < -0.39 is 5.41 Å². The Kier molecular flexibility index (Phi) is 3.32. The van der Waals surface area contributed by atoms with Crippen LogP contribution in [-0.4, -0.2) is 24.6 Å². The number of fused-ring (bicyclic) bond motifs is 3. The van der Waals surface area contributed by atoms with E-state index >= 15 is 0 Å². The summed E-state index contributed by atoms with van der Waals surface area (Å²) in [6.07, 6.45) is 0. The van der Waals surface area contributed by atoms with Crippen molar-refractivity contribution in [1.82, 2.24) is 4.90 Å². The van der Waals surface area contributed by atoms with Gasteiger partial charge < -0.3 is 4.74 Å². The highest BCUT2D eigenvalue weighted by atomic mass is 19.1. The van der Waals surface area contributed by atoms with Crippen molar-refractivity contribution in [2.45, 2.75) is 12.5 Å².